The van der Waals surface area contributed by atoms with Crippen LogP contribution in [0, 0.1) is 0 Å². The number of nitrogens with zero attached hydrogens (tertiary/aromatic N) is 2. The lowest BCUT2D eigenvalue weighted by Gasteiger charge is -2.23. The number of anilines is 1. The van der Waals surface area contributed by atoms with Crippen molar-refractivity contribution in [3.63, 3.8) is 0 Å². The molecule has 0 amide bonds. The fraction of sp³-hybridized carbons (Fsp3) is 0.650. The number of guanidine groups is 1. The average Bonchev–Trinajstić information content (AvgIpc) is 3.21. The van der Waals surface area contributed by atoms with Crippen molar-refractivity contribution in [1.29, 1.82) is 0 Å². The van der Waals surface area contributed by atoms with Crippen molar-refractivity contribution in [3.8, 4) is 0 Å². The molecule has 3 N–H and O–H groups in total. The number of aliphatic imine (C=N–C) groups is 1. The first kappa shape index (κ1) is 25.2. The highest BCUT2D eigenvalue weighted by Gasteiger charge is 2.23. The second kappa shape index (κ2) is 12.7. The number of hydrogen-bond acceptors (Lipinski definition) is 5. The van der Waals surface area contributed by atoms with Gasteiger partial charge < -0.3 is 20.3 Å². The Morgan fingerprint density at radius 1 is 1.23 bits per heavy atom. The van der Waals surface area contributed by atoms with E-state index in [9.17, 15) is 8.42 Å². The molecule has 1 aromatic carbocycles. The Bertz CT molecular complexity index is 757. The number of rotatable bonds is 8. The highest BCUT2D eigenvalue weighted by molar-refractivity contribution is 14.0. The minimum absolute atomic E-state index is 0. The Labute approximate surface area is 197 Å². The first-order valence-electron chi connectivity index (χ1n) is 10.4. The predicted octanol–water partition coefficient (Wildman–Crippen LogP) is 1.54. The van der Waals surface area contributed by atoms with Crippen LogP contribution in [0.4, 0.5) is 5.69 Å². The number of hydrogen-bond donors (Lipinski definition) is 3. The molecule has 2 aliphatic rings. The van der Waals surface area contributed by atoms with E-state index in [1.165, 1.54) is 5.69 Å². The molecule has 2 unspecified atom stereocenters. The van der Waals surface area contributed by atoms with Crippen molar-refractivity contribution in [2.45, 2.75) is 37.8 Å². The van der Waals surface area contributed by atoms with Gasteiger partial charge in [0.1, 0.15) is 0 Å². The van der Waals surface area contributed by atoms with Gasteiger partial charge in [-0.15, -0.1) is 24.0 Å². The molecule has 0 saturated carbocycles. The number of sulfonamides is 1. The highest BCUT2D eigenvalue weighted by Crippen LogP contribution is 2.19. The van der Waals surface area contributed by atoms with E-state index in [0.29, 0.717) is 19.0 Å². The van der Waals surface area contributed by atoms with E-state index in [0.717, 1.165) is 45.4 Å². The van der Waals surface area contributed by atoms with Crippen LogP contribution in [0.2, 0.25) is 0 Å². The molecular weight excluding hydrogens is 517 g/mol. The number of para-hydroxylation sites is 1. The summed E-state index contributed by atoms with van der Waals surface area (Å²) < 4.78 is 32.7. The standard InChI is InChI=1S/C20H33N5O3S.HI/c1-21-20(24-17-10-12-25(16-17)18-7-3-2-4-8-18)22-11-14-29(26,27)23-15-19-9-5-6-13-28-19;/h2-4,7-8,17,19,23H,5-6,9-16H2,1H3,(H2,21,22,24);1H. The zero-order chi connectivity index (χ0) is 20.5. The fourth-order valence-corrected chi connectivity index (χ4v) is 4.66. The lowest BCUT2D eigenvalue weighted by Crippen LogP contribution is -2.46. The third-order valence-corrected chi connectivity index (χ3v) is 6.69. The van der Waals surface area contributed by atoms with Gasteiger partial charge >= 0.3 is 0 Å². The third kappa shape index (κ3) is 8.20. The van der Waals surface area contributed by atoms with Gasteiger partial charge in [0.25, 0.3) is 0 Å². The summed E-state index contributed by atoms with van der Waals surface area (Å²) >= 11 is 0. The van der Waals surface area contributed by atoms with Gasteiger partial charge in [0.15, 0.2) is 5.96 Å². The summed E-state index contributed by atoms with van der Waals surface area (Å²) in [5, 5.41) is 6.51. The number of nitrogens with one attached hydrogen (secondary N) is 3. The molecule has 2 heterocycles. The Morgan fingerprint density at radius 3 is 2.73 bits per heavy atom. The van der Waals surface area contributed by atoms with Gasteiger partial charge in [-0.1, -0.05) is 18.2 Å². The largest absolute Gasteiger partial charge is 0.377 e. The Kier molecular flexibility index (Phi) is 10.6. The number of ether oxygens (including phenoxy) is 1. The van der Waals surface area contributed by atoms with E-state index in [2.05, 4.69) is 37.4 Å². The summed E-state index contributed by atoms with van der Waals surface area (Å²) in [6.45, 7) is 3.26. The van der Waals surface area contributed by atoms with Crippen molar-refractivity contribution in [3.05, 3.63) is 30.3 Å². The molecule has 3 rings (SSSR count). The molecule has 0 radical (unpaired) electrons. The van der Waals surface area contributed by atoms with Crippen LogP contribution in [0.3, 0.4) is 0 Å². The molecular formula is C20H34IN5O3S. The van der Waals surface area contributed by atoms with Crippen molar-refractivity contribution in [1.82, 2.24) is 15.4 Å². The summed E-state index contributed by atoms with van der Waals surface area (Å²) in [7, 11) is -1.64. The zero-order valence-corrected chi connectivity index (χ0v) is 20.7. The monoisotopic (exact) mass is 551 g/mol. The second-order valence-electron chi connectivity index (χ2n) is 7.57. The molecule has 1 aromatic rings. The maximum atomic E-state index is 12.2. The molecule has 10 heteroatoms. The van der Waals surface area contributed by atoms with E-state index in [-0.39, 0.29) is 41.9 Å². The molecule has 0 spiro atoms. The fourth-order valence-electron chi connectivity index (χ4n) is 3.70. The first-order chi connectivity index (χ1) is 14.1. The maximum absolute atomic E-state index is 12.2. The normalized spacial score (nSPS) is 22.4. The van der Waals surface area contributed by atoms with Gasteiger partial charge in [0, 0.05) is 51.6 Å². The van der Waals surface area contributed by atoms with Crippen molar-refractivity contribution >= 4 is 45.6 Å². The van der Waals surface area contributed by atoms with Crippen LogP contribution in [0.15, 0.2) is 35.3 Å². The Morgan fingerprint density at radius 2 is 2.03 bits per heavy atom. The minimum Gasteiger partial charge on any atom is -0.377 e. The third-order valence-electron chi connectivity index (χ3n) is 5.34. The molecule has 170 valence electrons. The maximum Gasteiger partial charge on any atom is 0.213 e. The van der Waals surface area contributed by atoms with Crippen LogP contribution in [0.1, 0.15) is 25.7 Å². The molecule has 2 aliphatic heterocycles. The first-order valence-corrected chi connectivity index (χ1v) is 12.1. The summed E-state index contributed by atoms with van der Waals surface area (Å²) in [5.41, 5.74) is 1.22. The van der Waals surface area contributed by atoms with Gasteiger partial charge in [-0.05, 0) is 37.8 Å². The number of benzene rings is 1. The van der Waals surface area contributed by atoms with E-state index in [1.807, 2.05) is 18.2 Å². The van der Waals surface area contributed by atoms with E-state index in [4.69, 9.17) is 4.74 Å². The van der Waals surface area contributed by atoms with Crippen molar-refractivity contribution < 1.29 is 13.2 Å². The lowest BCUT2D eigenvalue weighted by molar-refractivity contribution is 0.0200. The van der Waals surface area contributed by atoms with Gasteiger partial charge in [0.2, 0.25) is 10.0 Å². The summed E-state index contributed by atoms with van der Waals surface area (Å²) in [5.74, 6) is 0.636. The van der Waals surface area contributed by atoms with E-state index < -0.39 is 10.0 Å². The average molecular weight is 551 g/mol. The van der Waals surface area contributed by atoms with Crippen LogP contribution in [-0.4, -0.2) is 72.1 Å². The van der Waals surface area contributed by atoms with Crippen LogP contribution in [0.25, 0.3) is 0 Å². The van der Waals surface area contributed by atoms with Crippen molar-refractivity contribution in [2.75, 3.05) is 50.5 Å². The zero-order valence-electron chi connectivity index (χ0n) is 17.5. The Hall–Kier alpha value is -1.11. The quantitative estimate of drug-likeness (QED) is 0.258. The lowest BCUT2D eigenvalue weighted by atomic mass is 10.1. The highest BCUT2D eigenvalue weighted by atomic mass is 127. The molecule has 2 fully saturated rings. The minimum atomic E-state index is -3.34. The topological polar surface area (TPSA) is 95.1 Å². The smallest absolute Gasteiger partial charge is 0.213 e. The molecule has 0 bridgehead atoms. The number of halogens is 1. The molecule has 30 heavy (non-hydrogen) atoms. The van der Waals surface area contributed by atoms with Gasteiger partial charge in [-0.3, -0.25) is 4.99 Å². The summed E-state index contributed by atoms with van der Waals surface area (Å²) in [6.07, 6.45) is 4.08. The Balaban J connectivity index is 0.00000320. The molecule has 2 atom stereocenters. The van der Waals surface area contributed by atoms with Crippen LogP contribution in [-0.2, 0) is 14.8 Å². The van der Waals surface area contributed by atoms with Gasteiger partial charge in [-0.25, -0.2) is 13.1 Å². The SMILES string of the molecule is CN=C(NCCS(=O)(=O)NCC1CCCCO1)NC1CCN(c2ccccc2)C1.I. The van der Waals surface area contributed by atoms with Crippen LogP contribution < -0.4 is 20.3 Å². The van der Waals surface area contributed by atoms with E-state index >= 15 is 0 Å². The van der Waals surface area contributed by atoms with Crippen LogP contribution >= 0.6 is 24.0 Å². The second-order valence-corrected chi connectivity index (χ2v) is 9.49. The molecule has 2 saturated heterocycles. The van der Waals surface area contributed by atoms with Crippen LogP contribution in [0.5, 0.6) is 0 Å². The summed E-state index contributed by atoms with van der Waals surface area (Å²) in [4.78, 5) is 6.57. The summed E-state index contributed by atoms with van der Waals surface area (Å²) in [6, 6.07) is 10.6. The molecule has 8 nitrogen and oxygen atoms in total. The van der Waals surface area contributed by atoms with Gasteiger partial charge in [0.05, 0.1) is 11.9 Å². The predicted molar refractivity (Wildman–Crippen MR) is 132 cm³/mol. The van der Waals surface area contributed by atoms with Gasteiger partial charge in [-0.2, -0.15) is 0 Å². The molecule has 0 aromatic heterocycles. The van der Waals surface area contributed by atoms with Crippen molar-refractivity contribution in [2.24, 2.45) is 4.99 Å². The van der Waals surface area contributed by atoms with E-state index in [1.54, 1.807) is 7.05 Å². The molecule has 0 aliphatic carbocycles.